The SMILES string of the molecule is CN1CC#CC(n2nc(F)cc2N)C1/C=C/N(F)F. The summed E-state index contributed by atoms with van der Waals surface area (Å²) in [7, 11) is 1.73. The molecule has 2 unspecified atom stereocenters. The predicted octanol–water partition coefficient (Wildman–Crippen LogP) is 1.05. The molecule has 0 aromatic carbocycles. The summed E-state index contributed by atoms with van der Waals surface area (Å²) in [5.74, 6) is 5.05. The Labute approximate surface area is 107 Å². The van der Waals surface area contributed by atoms with E-state index in [4.69, 9.17) is 5.73 Å². The number of nitrogen functional groups attached to an aromatic ring is 1. The fourth-order valence-electron chi connectivity index (χ4n) is 1.92. The summed E-state index contributed by atoms with van der Waals surface area (Å²) < 4.78 is 38.5. The van der Waals surface area contributed by atoms with Gasteiger partial charge in [-0.15, -0.1) is 5.10 Å². The second kappa shape index (κ2) is 5.24. The number of hydrogen-bond donors (Lipinski definition) is 1. The Morgan fingerprint density at radius 3 is 2.89 bits per heavy atom. The lowest BCUT2D eigenvalue weighted by molar-refractivity contribution is -0.102. The van der Waals surface area contributed by atoms with Crippen LogP contribution in [0.1, 0.15) is 6.04 Å². The molecule has 102 valence electrons. The first kappa shape index (κ1) is 13.3. The van der Waals surface area contributed by atoms with Crippen molar-refractivity contribution in [2.75, 3.05) is 19.3 Å². The van der Waals surface area contributed by atoms with Crippen molar-refractivity contribution in [3.63, 3.8) is 0 Å². The maximum Gasteiger partial charge on any atom is 0.234 e. The average molecular weight is 271 g/mol. The summed E-state index contributed by atoms with van der Waals surface area (Å²) >= 11 is 0. The number of nitrogens with two attached hydrogens (primary N) is 1. The maximum absolute atomic E-state index is 13.1. The minimum Gasteiger partial charge on any atom is -0.384 e. The molecule has 0 spiro atoms. The van der Waals surface area contributed by atoms with Crippen molar-refractivity contribution in [3.8, 4) is 11.8 Å². The molecule has 2 heterocycles. The molecule has 1 aromatic heterocycles. The number of hydrogen-bond acceptors (Lipinski definition) is 4. The molecule has 0 saturated carbocycles. The number of nitrogens with zero attached hydrogens (tertiary/aromatic N) is 4. The standard InChI is InChI=1S/C11H12F3N5/c1-17-5-2-3-9(8(17)4-6-18(13)14)19-11(15)7-10(12)16-19/h4,6-9H,5,15H2,1H3/b6-4+. The second-order valence-electron chi connectivity index (χ2n) is 4.11. The lowest BCUT2D eigenvalue weighted by Crippen LogP contribution is -2.40. The third-order valence-electron chi connectivity index (χ3n) is 2.81. The highest BCUT2D eigenvalue weighted by Gasteiger charge is 2.28. The lowest BCUT2D eigenvalue weighted by Gasteiger charge is -2.31. The summed E-state index contributed by atoms with van der Waals surface area (Å²) in [5.41, 5.74) is 5.63. The van der Waals surface area contributed by atoms with Crippen LogP contribution in [-0.4, -0.2) is 39.7 Å². The van der Waals surface area contributed by atoms with Gasteiger partial charge in [-0.2, -0.15) is 4.39 Å². The van der Waals surface area contributed by atoms with Gasteiger partial charge in [0, 0.05) is 6.07 Å². The first-order valence-corrected chi connectivity index (χ1v) is 5.47. The third-order valence-corrected chi connectivity index (χ3v) is 2.81. The van der Waals surface area contributed by atoms with Crippen molar-refractivity contribution < 1.29 is 13.4 Å². The van der Waals surface area contributed by atoms with Gasteiger partial charge >= 0.3 is 0 Å². The molecule has 5 nitrogen and oxygen atoms in total. The minimum absolute atomic E-state index is 0.0999. The van der Waals surface area contributed by atoms with Crippen molar-refractivity contribution >= 4 is 5.82 Å². The Morgan fingerprint density at radius 2 is 2.32 bits per heavy atom. The highest BCUT2D eigenvalue weighted by atomic mass is 19.4. The molecule has 2 N–H and O–H groups in total. The number of likely N-dealkylation sites (N-methyl/N-ethyl adjacent to an activating group) is 1. The van der Waals surface area contributed by atoms with Gasteiger partial charge in [0.25, 0.3) is 0 Å². The molecule has 8 heteroatoms. The minimum atomic E-state index is -1.06. The Kier molecular flexibility index (Phi) is 3.66. The van der Waals surface area contributed by atoms with Crippen molar-refractivity contribution in [2.45, 2.75) is 12.1 Å². The van der Waals surface area contributed by atoms with Crippen LogP contribution in [0.4, 0.5) is 19.2 Å². The van der Waals surface area contributed by atoms with Crippen LogP contribution in [-0.2, 0) is 0 Å². The number of aromatic nitrogens is 2. The molecule has 0 fully saturated rings. The monoisotopic (exact) mass is 271 g/mol. The zero-order chi connectivity index (χ0) is 14.0. The van der Waals surface area contributed by atoms with E-state index >= 15 is 0 Å². The second-order valence-corrected chi connectivity index (χ2v) is 4.11. The lowest BCUT2D eigenvalue weighted by atomic mass is 10.0. The summed E-state index contributed by atoms with van der Waals surface area (Å²) in [4.78, 5) is 1.75. The molecule has 0 bridgehead atoms. The van der Waals surface area contributed by atoms with E-state index in [1.165, 1.54) is 10.8 Å². The van der Waals surface area contributed by atoms with Crippen LogP contribution in [0.15, 0.2) is 18.3 Å². The van der Waals surface area contributed by atoms with E-state index in [0.29, 0.717) is 12.7 Å². The topological polar surface area (TPSA) is 50.3 Å². The van der Waals surface area contributed by atoms with E-state index in [1.54, 1.807) is 11.9 Å². The largest absolute Gasteiger partial charge is 0.384 e. The van der Waals surface area contributed by atoms with E-state index < -0.39 is 23.4 Å². The van der Waals surface area contributed by atoms with Crippen molar-refractivity contribution in [2.24, 2.45) is 0 Å². The van der Waals surface area contributed by atoms with Gasteiger partial charge in [-0.3, -0.25) is 4.90 Å². The Morgan fingerprint density at radius 1 is 1.58 bits per heavy atom. The van der Waals surface area contributed by atoms with Gasteiger partial charge in [-0.1, -0.05) is 20.8 Å². The van der Waals surface area contributed by atoms with Crippen LogP contribution >= 0.6 is 0 Å². The predicted molar refractivity (Wildman–Crippen MR) is 63.0 cm³/mol. The quantitative estimate of drug-likeness (QED) is 0.659. The van der Waals surface area contributed by atoms with Gasteiger partial charge in [0.05, 0.1) is 18.8 Å². The van der Waals surface area contributed by atoms with E-state index in [0.717, 1.165) is 6.07 Å². The highest BCUT2D eigenvalue weighted by molar-refractivity contribution is 5.32. The molecule has 0 radical (unpaired) electrons. The van der Waals surface area contributed by atoms with E-state index in [2.05, 4.69) is 16.9 Å². The van der Waals surface area contributed by atoms with E-state index in [9.17, 15) is 13.4 Å². The normalized spacial score (nSPS) is 23.4. The summed E-state index contributed by atoms with van der Waals surface area (Å²) in [6.45, 7) is 0.424. The molecule has 0 saturated heterocycles. The Hall–Kier alpha value is -2.14. The van der Waals surface area contributed by atoms with Gasteiger partial charge in [-0.25, -0.2) is 4.68 Å². The van der Waals surface area contributed by atoms with Crippen LogP contribution in [0.25, 0.3) is 0 Å². The highest BCUT2D eigenvalue weighted by Crippen LogP contribution is 2.23. The molecule has 1 aliphatic rings. The molecule has 0 aliphatic carbocycles. The van der Waals surface area contributed by atoms with Crippen molar-refractivity contribution in [1.29, 1.82) is 0 Å². The zero-order valence-corrected chi connectivity index (χ0v) is 10.1. The molecule has 19 heavy (non-hydrogen) atoms. The van der Waals surface area contributed by atoms with Gasteiger partial charge in [-0.05, 0) is 18.5 Å². The average Bonchev–Trinajstić information content (AvgIpc) is 2.66. The zero-order valence-electron chi connectivity index (χ0n) is 10.1. The van der Waals surface area contributed by atoms with Crippen LogP contribution in [0.2, 0.25) is 0 Å². The molecule has 2 atom stereocenters. The van der Waals surface area contributed by atoms with Gasteiger partial charge in [0.2, 0.25) is 5.95 Å². The molecular formula is C11H12F3N5. The first-order chi connectivity index (χ1) is 8.99. The van der Waals surface area contributed by atoms with Crippen molar-refractivity contribution in [1.82, 2.24) is 20.0 Å². The molecular weight excluding hydrogens is 259 g/mol. The fraction of sp³-hybridized carbons (Fsp3) is 0.364. The van der Waals surface area contributed by atoms with Crippen LogP contribution in [0, 0.1) is 17.8 Å². The summed E-state index contributed by atoms with van der Waals surface area (Å²) in [6.07, 6.45) is 1.90. The van der Waals surface area contributed by atoms with Gasteiger partial charge in [0.1, 0.15) is 11.9 Å². The Balaban J connectivity index is 2.34. The number of rotatable bonds is 3. The maximum atomic E-state index is 13.1. The molecule has 2 rings (SSSR count). The van der Waals surface area contributed by atoms with Gasteiger partial charge in [0.15, 0.2) is 0 Å². The summed E-state index contributed by atoms with van der Waals surface area (Å²) in [5, 5.41) is 2.55. The molecule has 1 aromatic rings. The summed E-state index contributed by atoms with van der Waals surface area (Å²) in [6, 6.07) is -0.0236. The molecule has 1 aliphatic heterocycles. The van der Waals surface area contributed by atoms with E-state index in [-0.39, 0.29) is 5.82 Å². The van der Waals surface area contributed by atoms with Crippen molar-refractivity contribution in [3.05, 3.63) is 24.3 Å². The van der Waals surface area contributed by atoms with Crippen LogP contribution in [0.3, 0.4) is 0 Å². The van der Waals surface area contributed by atoms with Crippen LogP contribution in [0.5, 0.6) is 0 Å². The fourth-order valence-corrected chi connectivity index (χ4v) is 1.92. The van der Waals surface area contributed by atoms with Gasteiger partial charge < -0.3 is 5.73 Å². The number of anilines is 1. The van der Waals surface area contributed by atoms with Crippen LogP contribution < -0.4 is 5.73 Å². The smallest absolute Gasteiger partial charge is 0.234 e. The number of halogens is 3. The molecule has 0 amide bonds. The van der Waals surface area contributed by atoms with E-state index in [1.807, 2.05) is 0 Å². The third kappa shape index (κ3) is 2.82. The Bertz CT molecular complexity index is 542. The first-order valence-electron chi connectivity index (χ1n) is 5.47.